The smallest absolute Gasteiger partial charge is 0.165 e. The summed E-state index contributed by atoms with van der Waals surface area (Å²) in [5, 5.41) is 4.26. The van der Waals surface area contributed by atoms with E-state index >= 15 is 0 Å². The Morgan fingerprint density at radius 1 is 1.17 bits per heavy atom. The van der Waals surface area contributed by atoms with E-state index in [-0.39, 0.29) is 0 Å². The second-order valence-corrected chi connectivity index (χ2v) is 6.18. The lowest BCUT2D eigenvalue weighted by Gasteiger charge is -2.36. The number of fused-ring (bicyclic) bond motifs is 1. The Bertz CT molecular complexity index is 644. The number of piperidine rings is 1. The Morgan fingerprint density at radius 2 is 2.13 bits per heavy atom. The quantitative estimate of drug-likeness (QED) is 0.865. The Kier molecular flexibility index (Phi) is 4.15. The molecule has 2 aliphatic heterocycles. The van der Waals surface area contributed by atoms with Crippen molar-refractivity contribution in [2.45, 2.75) is 38.4 Å². The molecule has 4 rings (SSSR count). The fourth-order valence-corrected chi connectivity index (χ4v) is 3.50. The van der Waals surface area contributed by atoms with Gasteiger partial charge in [-0.15, -0.1) is 0 Å². The van der Waals surface area contributed by atoms with Crippen molar-refractivity contribution >= 4 is 0 Å². The molecule has 1 saturated heterocycles. The summed E-state index contributed by atoms with van der Waals surface area (Å²) in [7, 11) is 0. The van der Waals surface area contributed by atoms with Gasteiger partial charge in [-0.2, -0.15) is 5.10 Å². The number of benzene rings is 1. The highest BCUT2D eigenvalue weighted by molar-refractivity contribution is 5.47. The van der Waals surface area contributed by atoms with Crippen LogP contribution >= 0.6 is 0 Å². The minimum atomic E-state index is 0.491. The van der Waals surface area contributed by atoms with E-state index < -0.39 is 0 Å². The number of aromatic nitrogens is 3. The van der Waals surface area contributed by atoms with Crippen molar-refractivity contribution in [3.05, 3.63) is 36.4 Å². The molecule has 0 radical (unpaired) electrons. The zero-order chi connectivity index (χ0) is 15.5. The minimum absolute atomic E-state index is 0.491. The first-order chi connectivity index (χ1) is 11.4. The highest BCUT2D eigenvalue weighted by Crippen LogP contribution is 2.35. The SMILES string of the molecule is c1cc(CN2CCCC[C@H]2Cn2cncn2)c2c(c1)OCCO2. The summed E-state index contributed by atoms with van der Waals surface area (Å²) in [6.45, 7) is 4.17. The van der Waals surface area contributed by atoms with Gasteiger partial charge in [0, 0.05) is 18.2 Å². The van der Waals surface area contributed by atoms with E-state index in [0.717, 1.165) is 31.1 Å². The lowest BCUT2D eigenvalue weighted by Crippen LogP contribution is -2.41. The Morgan fingerprint density at radius 3 is 3.04 bits per heavy atom. The van der Waals surface area contributed by atoms with Crippen molar-refractivity contribution in [2.24, 2.45) is 0 Å². The lowest BCUT2D eigenvalue weighted by atomic mass is 10.0. The van der Waals surface area contributed by atoms with Gasteiger partial charge in [-0.25, -0.2) is 4.98 Å². The first kappa shape index (κ1) is 14.5. The molecule has 1 aromatic carbocycles. The fraction of sp³-hybridized carbons (Fsp3) is 0.529. The van der Waals surface area contributed by atoms with Crippen LogP contribution in [0.1, 0.15) is 24.8 Å². The van der Waals surface area contributed by atoms with E-state index in [1.807, 2.05) is 10.7 Å². The van der Waals surface area contributed by atoms with E-state index in [2.05, 4.69) is 27.1 Å². The zero-order valence-corrected chi connectivity index (χ0v) is 13.2. The minimum Gasteiger partial charge on any atom is -0.486 e. The average Bonchev–Trinajstić information content (AvgIpc) is 3.10. The summed E-state index contributed by atoms with van der Waals surface area (Å²) < 4.78 is 13.5. The van der Waals surface area contributed by atoms with Gasteiger partial charge in [0.25, 0.3) is 0 Å². The monoisotopic (exact) mass is 314 g/mol. The van der Waals surface area contributed by atoms with Gasteiger partial charge in [0.15, 0.2) is 11.5 Å². The summed E-state index contributed by atoms with van der Waals surface area (Å²) in [5.74, 6) is 1.79. The number of likely N-dealkylation sites (tertiary alicyclic amines) is 1. The average molecular weight is 314 g/mol. The summed E-state index contributed by atoms with van der Waals surface area (Å²) >= 11 is 0. The van der Waals surface area contributed by atoms with Gasteiger partial charge in [0.05, 0.1) is 6.54 Å². The molecule has 2 aromatic rings. The molecule has 0 aliphatic carbocycles. The molecule has 122 valence electrons. The molecule has 0 saturated carbocycles. The summed E-state index contributed by atoms with van der Waals surface area (Å²) in [4.78, 5) is 6.59. The number of hydrogen-bond donors (Lipinski definition) is 0. The molecular weight excluding hydrogens is 292 g/mol. The third kappa shape index (κ3) is 3.17. The molecule has 0 bridgehead atoms. The number of rotatable bonds is 4. The van der Waals surface area contributed by atoms with Gasteiger partial charge in [-0.3, -0.25) is 9.58 Å². The number of para-hydroxylation sites is 1. The van der Waals surface area contributed by atoms with Crippen LogP contribution < -0.4 is 9.47 Å². The van der Waals surface area contributed by atoms with Crippen molar-refractivity contribution in [3.8, 4) is 11.5 Å². The second kappa shape index (κ2) is 6.58. The van der Waals surface area contributed by atoms with Crippen LogP contribution in [0.3, 0.4) is 0 Å². The van der Waals surface area contributed by atoms with Gasteiger partial charge >= 0.3 is 0 Å². The molecule has 0 N–H and O–H groups in total. The van der Waals surface area contributed by atoms with E-state index in [1.54, 1.807) is 12.7 Å². The summed E-state index contributed by atoms with van der Waals surface area (Å²) in [5.41, 5.74) is 1.22. The Hall–Kier alpha value is -2.08. The largest absolute Gasteiger partial charge is 0.486 e. The molecule has 3 heterocycles. The predicted octanol–water partition coefficient (Wildman–Crippen LogP) is 2.10. The standard InChI is InChI=1S/C17H22N4O2/c1-2-7-20(15(5-1)11-21-13-18-12-19-21)10-14-4-3-6-16-17(14)23-9-8-22-16/h3-4,6,12-13,15H,1-2,5,7-11H2/t15-/m0/s1. The molecule has 23 heavy (non-hydrogen) atoms. The van der Waals surface area contributed by atoms with Crippen LogP contribution in [0.2, 0.25) is 0 Å². The van der Waals surface area contributed by atoms with Crippen LogP contribution in [0, 0.1) is 0 Å². The first-order valence-corrected chi connectivity index (χ1v) is 8.34. The highest BCUT2D eigenvalue weighted by Gasteiger charge is 2.25. The second-order valence-electron chi connectivity index (χ2n) is 6.18. The maximum absolute atomic E-state index is 5.86. The van der Waals surface area contributed by atoms with Crippen molar-refractivity contribution < 1.29 is 9.47 Å². The predicted molar refractivity (Wildman–Crippen MR) is 85.5 cm³/mol. The first-order valence-electron chi connectivity index (χ1n) is 8.34. The van der Waals surface area contributed by atoms with E-state index in [9.17, 15) is 0 Å². The summed E-state index contributed by atoms with van der Waals surface area (Å²) in [6.07, 6.45) is 7.13. The Balaban J connectivity index is 1.52. The number of ether oxygens (including phenoxy) is 2. The third-order valence-corrected chi connectivity index (χ3v) is 4.63. The third-order valence-electron chi connectivity index (χ3n) is 4.63. The normalized spacial score (nSPS) is 21.3. The van der Waals surface area contributed by atoms with Crippen molar-refractivity contribution in [1.82, 2.24) is 19.7 Å². The maximum atomic E-state index is 5.86. The van der Waals surface area contributed by atoms with E-state index in [1.165, 1.54) is 24.8 Å². The van der Waals surface area contributed by atoms with Crippen LogP contribution in [-0.4, -0.2) is 45.5 Å². The maximum Gasteiger partial charge on any atom is 0.165 e. The lowest BCUT2D eigenvalue weighted by molar-refractivity contribution is 0.117. The van der Waals surface area contributed by atoms with E-state index in [0.29, 0.717) is 19.3 Å². The fourth-order valence-electron chi connectivity index (χ4n) is 3.50. The molecule has 1 atom stereocenters. The van der Waals surface area contributed by atoms with Crippen molar-refractivity contribution in [1.29, 1.82) is 0 Å². The highest BCUT2D eigenvalue weighted by atomic mass is 16.6. The van der Waals surface area contributed by atoms with Gasteiger partial charge in [0.2, 0.25) is 0 Å². The topological polar surface area (TPSA) is 52.4 Å². The molecule has 0 amide bonds. The van der Waals surface area contributed by atoms with Gasteiger partial charge < -0.3 is 9.47 Å². The molecule has 1 aromatic heterocycles. The van der Waals surface area contributed by atoms with E-state index in [4.69, 9.17) is 9.47 Å². The number of nitrogens with zero attached hydrogens (tertiary/aromatic N) is 4. The number of hydrogen-bond acceptors (Lipinski definition) is 5. The molecular formula is C17H22N4O2. The molecule has 0 unspecified atom stereocenters. The van der Waals surface area contributed by atoms with Crippen LogP contribution in [0.5, 0.6) is 11.5 Å². The van der Waals surface area contributed by atoms with Crippen LogP contribution in [0.25, 0.3) is 0 Å². The molecule has 6 heteroatoms. The van der Waals surface area contributed by atoms with Crippen LogP contribution in [-0.2, 0) is 13.1 Å². The van der Waals surface area contributed by atoms with Crippen LogP contribution in [0.15, 0.2) is 30.9 Å². The molecule has 0 spiro atoms. The molecule has 1 fully saturated rings. The Labute approximate surface area is 136 Å². The molecule has 6 nitrogen and oxygen atoms in total. The van der Waals surface area contributed by atoms with Crippen LogP contribution in [0.4, 0.5) is 0 Å². The van der Waals surface area contributed by atoms with Gasteiger partial charge in [-0.05, 0) is 25.5 Å². The van der Waals surface area contributed by atoms with Crippen molar-refractivity contribution in [3.63, 3.8) is 0 Å². The van der Waals surface area contributed by atoms with Crippen molar-refractivity contribution in [2.75, 3.05) is 19.8 Å². The summed E-state index contributed by atoms with van der Waals surface area (Å²) in [6, 6.07) is 6.68. The van der Waals surface area contributed by atoms with Gasteiger partial charge in [-0.1, -0.05) is 18.6 Å². The molecule has 2 aliphatic rings. The zero-order valence-electron chi connectivity index (χ0n) is 13.2. The van der Waals surface area contributed by atoms with Gasteiger partial charge in [0.1, 0.15) is 25.9 Å².